The highest BCUT2D eigenvalue weighted by atomic mass is 32.2. The Morgan fingerprint density at radius 3 is 2.82 bits per heavy atom. The monoisotopic (exact) mass is 321 g/mol. The topological polar surface area (TPSA) is 73.2 Å². The van der Waals surface area contributed by atoms with E-state index >= 15 is 0 Å². The number of benzene rings is 1. The molecule has 0 radical (unpaired) electrons. The van der Waals surface area contributed by atoms with Crippen LogP contribution in [-0.4, -0.2) is 37.5 Å². The molecule has 0 saturated carbocycles. The smallest absolute Gasteiger partial charge is 0.244 e. The average molecular weight is 321 g/mol. The first kappa shape index (κ1) is 15.2. The van der Waals surface area contributed by atoms with Gasteiger partial charge in [-0.2, -0.15) is 5.10 Å². The van der Waals surface area contributed by atoms with Crippen LogP contribution in [0.3, 0.4) is 0 Å². The largest absolute Gasteiger partial charge is 0.377 e. The van der Waals surface area contributed by atoms with Gasteiger partial charge in [0.25, 0.3) is 0 Å². The fourth-order valence-electron chi connectivity index (χ4n) is 2.55. The molecule has 6 nitrogen and oxygen atoms in total. The van der Waals surface area contributed by atoms with Crippen LogP contribution in [0.1, 0.15) is 12.8 Å². The van der Waals surface area contributed by atoms with Gasteiger partial charge in [-0.3, -0.25) is 4.68 Å². The van der Waals surface area contributed by atoms with Gasteiger partial charge in [0.15, 0.2) is 0 Å². The lowest BCUT2D eigenvalue weighted by Gasteiger charge is -2.11. The lowest BCUT2D eigenvalue weighted by Crippen LogP contribution is -2.31. The third-order valence-electron chi connectivity index (χ3n) is 3.66. The lowest BCUT2D eigenvalue weighted by molar-refractivity contribution is 0.114. The van der Waals surface area contributed by atoms with Crippen molar-refractivity contribution >= 4 is 10.0 Å². The van der Waals surface area contributed by atoms with E-state index in [-0.39, 0.29) is 11.0 Å². The van der Waals surface area contributed by atoms with Crippen LogP contribution in [0.5, 0.6) is 0 Å². The number of ether oxygens (including phenoxy) is 1. The highest BCUT2D eigenvalue weighted by Gasteiger charge is 2.25. The van der Waals surface area contributed by atoms with Crippen molar-refractivity contribution in [2.75, 3.05) is 13.2 Å². The first-order chi connectivity index (χ1) is 10.6. The SMILES string of the molecule is Cn1cc(S(=O)(=O)NCC2CCCO2)c(-c2ccccc2)n1. The number of sulfonamides is 1. The number of hydrogen-bond acceptors (Lipinski definition) is 4. The molecular formula is C15H19N3O3S. The minimum Gasteiger partial charge on any atom is -0.377 e. The molecule has 2 aromatic rings. The van der Waals surface area contributed by atoms with Gasteiger partial charge in [-0.15, -0.1) is 0 Å². The number of hydrogen-bond donors (Lipinski definition) is 1. The summed E-state index contributed by atoms with van der Waals surface area (Å²) in [5.41, 5.74) is 1.24. The minimum absolute atomic E-state index is 0.0355. The molecule has 7 heteroatoms. The van der Waals surface area contributed by atoms with Gasteiger partial charge in [0.1, 0.15) is 10.6 Å². The van der Waals surface area contributed by atoms with Crippen LogP contribution in [0.4, 0.5) is 0 Å². The first-order valence-corrected chi connectivity index (χ1v) is 8.75. The average Bonchev–Trinajstić information content (AvgIpc) is 3.16. The van der Waals surface area contributed by atoms with Gasteiger partial charge in [0, 0.05) is 32.0 Å². The van der Waals surface area contributed by atoms with Crippen LogP contribution in [0.15, 0.2) is 41.4 Å². The van der Waals surface area contributed by atoms with Crippen LogP contribution in [0.2, 0.25) is 0 Å². The van der Waals surface area contributed by atoms with E-state index in [4.69, 9.17) is 4.74 Å². The van der Waals surface area contributed by atoms with Crippen LogP contribution < -0.4 is 4.72 Å². The van der Waals surface area contributed by atoms with Crippen molar-refractivity contribution in [3.8, 4) is 11.3 Å². The molecule has 1 aromatic heterocycles. The van der Waals surface area contributed by atoms with Crippen molar-refractivity contribution in [3.05, 3.63) is 36.5 Å². The summed E-state index contributed by atoms with van der Waals surface area (Å²) in [5.74, 6) is 0. The van der Waals surface area contributed by atoms with E-state index in [9.17, 15) is 8.42 Å². The molecule has 2 heterocycles. The van der Waals surface area contributed by atoms with Crippen molar-refractivity contribution in [2.24, 2.45) is 7.05 Å². The first-order valence-electron chi connectivity index (χ1n) is 7.26. The van der Waals surface area contributed by atoms with Gasteiger partial charge in [-0.05, 0) is 12.8 Å². The molecule has 118 valence electrons. The zero-order valence-electron chi connectivity index (χ0n) is 12.4. The molecule has 0 amide bonds. The third kappa shape index (κ3) is 3.21. The quantitative estimate of drug-likeness (QED) is 0.907. The molecule has 1 fully saturated rings. The van der Waals surface area contributed by atoms with Gasteiger partial charge >= 0.3 is 0 Å². The Hall–Kier alpha value is -1.70. The van der Waals surface area contributed by atoms with Crippen molar-refractivity contribution in [1.82, 2.24) is 14.5 Å². The third-order valence-corrected chi connectivity index (χ3v) is 5.08. The number of nitrogens with zero attached hydrogens (tertiary/aromatic N) is 2. The van der Waals surface area contributed by atoms with E-state index in [0.29, 0.717) is 18.8 Å². The predicted octanol–water partition coefficient (Wildman–Crippen LogP) is 1.54. The van der Waals surface area contributed by atoms with Crippen molar-refractivity contribution in [2.45, 2.75) is 23.8 Å². The van der Waals surface area contributed by atoms with E-state index < -0.39 is 10.0 Å². The van der Waals surface area contributed by atoms with Crippen LogP contribution in [0.25, 0.3) is 11.3 Å². The number of aromatic nitrogens is 2. The Kier molecular flexibility index (Phi) is 4.28. The summed E-state index contributed by atoms with van der Waals surface area (Å²) in [5, 5.41) is 4.29. The summed E-state index contributed by atoms with van der Waals surface area (Å²) in [6.45, 7) is 1.00. The molecule has 1 aliphatic heterocycles. The van der Waals surface area contributed by atoms with Gasteiger partial charge in [-0.25, -0.2) is 13.1 Å². The normalized spacial score (nSPS) is 18.7. The zero-order chi connectivity index (χ0) is 15.6. The molecule has 1 N–H and O–H groups in total. The van der Waals surface area contributed by atoms with Crippen LogP contribution >= 0.6 is 0 Å². The Labute approximate surface area is 130 Å². The highest BCUT2D eigenvalue weighted by Crippen LogP contribution is 2.25. The maximum absolute atomic E-state index is 12.6. The van der Waals surface area contributed by atoms with E-state index in [2.05, 4.69) is 9.82 Å². The van der Waals surface area contributed by atoms with Crippen LogP contribution in [0, 0.1) is 0 Å². The molecule has 3 rings (SSSR count). The van der Waals surface area contributed by atoms with E-state index in [1.807, 2.05) is 30.3 Å². The molecule has 1 saturated heterocycles. The molecular weight excluding hydrogens is 302 g/mol. The standard InChI is InChI=1S/C15H19N3O3S/c1-18-11-14(15(17-18)12-6-3-2-4-7-12)22(19,20)16-10-13-8-5-9-21-13/h2-4,6-7,11,13,16H,5,8-10H2,1H3. The number of rotatable bonds is 5. The number of aryl methyl sites for hydroxylation is 1. The highest BCUT2D eigenvalue weighted by molar-refractivity contribution is 7.89. The fourth-order valence-corrected chi connectivity index (χ4v) is 3.81. The van der Waals surface area contributed by atoms with Crippen molar-refractivity contribution in [1.29, 1.82) is 0 Å². The summed E-state index contributed by atoms with van der Waals surface area (Å²) in [6, 6.07) is 9.31. The molecule has 22 heavy (non-hydrogen) atoms. The Balaban J connectivity index is 1.87. The lowest BCUT2D eigenvalue weighted by atomic mass is 10.2. The molecule has 1 unspecified atom stereocenters. The maximum Gasteiger partial charge on any atom is 0.244 e. The summed E-state index contributed by atoms with van der Waals surface area (Å²) >= 11 is 0. The van der Waals surface area contributed by atoms with Gasteiger partial charge in [-0.1, -0.05) is 30.3 Å². The predicted molar refractivity (Wildman–Crippen MR) is 82.8 cm³/mol. The molecule has 0 bridgehead atoms. The van der Waals surface area contributed by atoms with E-state index in [1.54, 1.807) is 7.05 Å². The second kappa shape index (κ2) is 6.20. The van der Waals surface area contributed by atoms with Crippen molar-refractivity contribution < 1.29 is 13.2 Å². The van der Waals surface area contributed by atoms with Crippen molar-refractivity contribution in [3.63, 3.8) is 0 Å². The maximum atomic E-state index is 12.6. The Morgan fingerprint density at radius 2 is 2.14 bits per heavy atom. The molecule has 1 aliphatic rings. The number of nitrogens with one attached hydrogen (secondary N) is 1. The van der Waals surface area contributed by atoms with E-state index in [1.165, 1.54) is 10.9 Å². The Morgan fingerprint density at radius 1 is 1.36 bits per heavy atom. The Bertz CT molecular complexity index is 735. The second-order valence-corrected chi connectivity index (χ2v) is 7.10. The van der Waals surface area contributed by atoms with E-state index in [0.717, 1.165) is 18.4 Å². The summed E-state index contributed by atoms with van der Waals surface area (Å²) < 4.78 is 34.8. The summed E-state index contributed by atoms with van der Waals surface area (Å²) in [6.07, 6.45) is 3.36. The van der Waals surface area contributed by atoms with Gasteiger partial charge in [0.2, 0.25) is 10.0 Å². The molecule has 1 aromatic carbocycles. The summed E-state index contributed by atoms with van der Waals surface area (Å²) in [7, 11) is -1.91. The zero-order valence-corrected chi connectivity index (χ0v) is 13.2. The minimum atomic E-state index is -3.62. The second-order valence-electron chi connectivity index (χ2n) is 5.37. The van der Waals surface area contributed by atoms with Gasteiger partial charge < -0.3 is 4.74 Å². The fraction of sp³-hybridized carbons (Fsp3) is 0.400. The van der Waals surface area contributed by atoms with Gasteiger partial charge in [0.05, 0.1) is 6.10 Å². The summed E-state index contributed by atoms with van der Waals surface area (Å²) in [4.78, 5) is 0.194. The molecule has 0 aliphatic carbocycles. The molecule has 1 atom stereocenters. The van der Waals surface area contributed by atoms with Crippen LogP contribution in [-0.2, 0) is 21.8 Å². The molecule has 0 spiro atoms.